The number of carboxylic acids is 3. The zero-order chi connectivity index (χ0) is 44.6. The van der Waals surface area contributed by atoms with Gasteiger partial charge in [-0.05, 0) is 30.7 Å². The van der Waals surface area contributed by atoms with Crippen molar-refractivity contribution in [3.8, 4) is 0 Å². The Morgan fingerprint density at radius 1 is 0.787 bits per heavy atom. The largest absolute Gasteiger partial charge is 0.480 e. The van der Waals surface area contributed by atoms with Gasteiger partial charge < -0.3 is 53.0 Å². The first-order chi connectivity index (χ1) is 29.0. The molecule has 1 fully saturated rings. The number of anilines is 2. The van der Waals surface area contributed by atoms with Gasteiger partial charge in [-0.3, -0.25) is 43.6 Å². The fourth-order valence-corrected chi connectivity index (χ4v) is 5.94. The molecule has 61 heavy (non-hydrogen) atoms. The number of nitrogens with zero attached hydrogens (tertiary/aromatic N) is 5. The summed E-state index contributed by atoms with van der Waals surface area (Å²) in [5.74, 6) is -7.68. The van der Waals surface area contributed by atoms with Crippen LogP contribution in [0.5, 0.6) is 0 Å². The molecule has 5 amide bonds. The molecule has 0 spiro atoms. The number of benzene rings is 1. The van der Waals surface area contributed by atoms with Crippen LogP contribution in [0.15, 0.2) is 35.3 Å². The summed E-state index contributed by atoms with van der Waals surface area (Å²) in [5, 5.41) is 43.5. The third-order valence-corrected chi connectivity index (χ3v) is 9.28. The summed E-state index contributed by atoms with van der Waals surface area (Å²) < 4.78 is 0. The SMILES string of the molecule is CNC(=O)C[C@H](NC(=O)CN1CCN(CCNC(=O)C[C@H](NC(=O)CC[C@H](NC(=O)c2ccc(NCc3cnc4nc(N)[nH]c(=O)c4n3)cc2)C(=O)O)C(=O)O)CC1)C(=O)O. The van der Waals surface area contributed by atoms with E-state index in [0.717, 1.165) is 0 Å². The van der Waals surface area contributed by atoms with Gasteiger partial charge in [-0.15, -0.1) is 0 Å². The first-order valence-electron chi connectivity index (χ1n) is 18.9. The molecule has 3 aromatic rings. The summed E-state index contributed by atoms with van der Waals surface area (Å²) in [7, 11) is 1.36. The number of amides is 5. The third kappa shape index (κ3) is 14.8. The van der Waals surface area contributed by atoms with E-state index < -0.39 is 90.4 Å². The lowest BCUT2D eigenvalue weighted by Gasteiger charge is -2.34. The highest BCUT2D eigenvalue weighted by Crippen LogP contribution is 2.13. The third-order valence-electron chi connectivity index (χ3n) is 9.28. The molecule has 25 heteroatoms. The second-order valence-electron chi connectivity index (χ2n) is 13.8. The van der Waals surface area contributed by atoms with Gasteiger partial charge in [0.05, 0.1) is 37.8 Å². The molecule has 0 radical (unpaired) electrons. The zero-order valence-electron chi connectivity index (χ0n) is 32.9. The topological polar surface area (TPSA) is 373 Å². The normalized spacial score (nSPS) is 14.4. The summed E-state index contributed by atoms with van der Waals surface area (Å²) in [4.78, 5) is 128. The maximum absolute atomic E-state index is 12.9. The number of nitrogens with two attached hydrogens (primary N) is 1. The Hall–Kier alpha value is -7.28. The molecule has 1 aliphatic rings. The van der Waals surface area contributed by atoms with Gasteiger partial charge in [-0.1, -0.05) is 0 Å². The van der Waals surface area contributed by atoms with E-state index in [4.69, 9.17) is 5.73 Å². The highest BCUT2D eigenvalue weighted by Gasteiger charge is 2.27. The van der Waals surface area contributed by atoms with E-state index >= 15 is 0 Å². The number of carbonyl (C=O) groups excluding carboxylic acids is 5. The molecule has 0 saturated carbocycles. The van der Waals surface area contributed by atoms with Crippen LogP contribution < -0.4 is 43.2 Å². The molecule has 25 nitrogen and oxygen atoms in total. The van der Waals surface area contributed by atoms with E-state index in [1.54, 1.807) is 12.1 Å². The lowest BCUT2D eigenvalue weighted by molar-refractivity contribution is -0.144. The molecule has 4 rings (SSSR count). The molecule has 1 aliphatic heterocycles. The average molecular weight is 854 g/mol. The second kappa shape index (κ2) is 22.2. The molecular weight excluding hydrogens is 806 g/mol. The Morgan fingerprint density at radius 2 is 1.39 bits per heavy atom. The zero-order valence-corrected chi connectivity index (χ0v) is 32.9. The maximum Gasteiger partial charge on any atom is 0.326 e. The van der Waals surface area contributed by atoms with Gasteiger partial charge in [-0.25, -0.2) is 24.4 Å². The van der Waals surface area contributed by atoms with Crippen LogP contribution in [-0.2, 0) is 40.1 Å². The Kier molecular flexibility index (Phi) is 16.9. The number of carbonyl (C=O) groups is 8. The van der Waals surface area contributed by atoms with Crippen molar-refractivity contribution in [3.05, 3.63) is 52.1 Å². The minimum absolute atomic E-state index is 0.00876. The number of aromatic nitrogens is 4. The predicted molar refractivity (Wildman–Crippen MR) is 213 cm³/mol. The summed E-state index contributed by atoms with van der Waals surface area (Å²) in [6.45, 7) is 2.60. The highest BCUT2D eigenvalue weighted by molar-refractivity contribution is 5.97. The predicted octanol–water partition coefficient (Wildman–Crippen LogP) is -3.73. The van der Waals surface area contributed by atoms with E-state index in [1.165, 1.54) is 25.4 Å². The fraction of sp³-hybridized carbons (Fsp3) is 0.444. The number of H-pyrrole nitrogens is 1. The van der Waals surface area contributed by atoms with Crippen LogP contribution in [0.1, 0.15) is 41.7 Å². The lowest BCUT2D eigenvalue weighted by Crippen LogP contribution is -2.52. The van der Waals surface area contributed by atoms with Crippen LogP contribution in [0.2, 0.25) is 0 Å². The van der Waals surface area contributed by atoms with Gasteiger partial charge >= 0.3 is 17.9 Å². The van der Waals surface area contributed by atoms with Gasteiger partial charge in [0.25, 0.3) is 11.5 Å². The van der Waals surface area contributed by atoms with Crippen LogP contribution in [0.3, 0.4) is 0 Å². The summed E-state index contributed by atoms with van der Waals surface area (Å²) in [5.41, 5.74) is 6.15. The van der Waals surface area contributed by atoms with Crippen LogP contribution in [0.4, 0.5) is 11.6 Å². The van der Waals surface area contributed by atoms with Crippen molar-refractivity contribution in [1.82, 2.24) is 56.3 Å². The van der Waals surface area contributed by atoms with Crippen LogP contribution >= 0.6 is 0 Å². The van der Waals surface area contributed by atoms with E-state index in [2.05, 4.69) is 51.8 Å². The molecule has 2 aromatic heterocycles. The number of piperazine rings is 1. The van der Waals surface area contributed by atoms with Crippen LogP contribution in [0, 0.1) is 0 Å². The van der Waals surface area contributed by atoms with Gasteiger partial charge in [0.2, 0.25) is 29.6 Å². The summed E-state index contributed by atoms with van der Waals surface area (Å²) in [6.07, 6.45) is -0.461. The van der Waals surface area contributed by atoms with E-state index in [1.807, 2.05) is 9.80 Å². The van der Waals surface area contributed by atoms with Crippen molar-refractivity contribution in [3.63, 3.8) is 0 Å². The molecule has 1 saturated heterocycles. The highest BCUT2D eigenvalue weighted by atomic mass is 16.4. The fourth-order valence-electron chi connectivity index (χ4n) is 5.94. The first kappa shape index (κ1) is 46.4. The second-order valence-corrected chi connectivity index (χ2v) is 13.8. The number of hydrogen-bond acceptors (Lipinski definition) is 16. The molecular formula is C36H47N13O12. The standard InChI is InChI=1S/C36H47N13O12/c1-38-26(51)14-23(34(58)59)44-28(53)18-49-12-10-48(11-13-49)9-8-39-27(52)15-24(35(60)61)43-25(50)7-6-22(33(56)57)45-31(54)19-2-4-20(5-3-19)40-16-21-17-41-30-29(42-21)32(55)47-36(37)46-30/h2-5,17,22-24,40H,6-16,18H2,1H3,(H,38,51)(H,39,52)(H,43,50)(H,44,53)(H,45,54)(H,56,57)(H,58,59)(H,60,61)(H3,37,41,46,47,55)/t22-,23-,24-/m0/s1. The first-order valence-corrected chi connectivity index (χ1v) is 18.9. The maximum atomic E-state index is 12.9. The van der Waals surface area contributed by atoms with Gasteiger partial charge in [0, 0.05) is 64.0 Å². The number of aromatic amines is 1. The molecule has 0 unspecified atom stereocenters. The quantitative estimate of drug-likeness (QED) is 0.0463. The van der Waals surface area contributed by atoms with Crippen molar-refractivity contribution in [1.29, 1.82) is 0 Å². The Bertz CT molecular complexity index is 2160. The van der Waals surface area contributed by atoms with E-state index in [9.17, 15) is 58.5 Å². The minimum Gasteiger partial charge on any atom is -0.480 e. The molecule has 0 bridgehead atoms. The summed E-state index contributed by atoms with van der Waals surface area (Å²) in [6, 6.07) is 1.48. The number of carboxylic acid groups (broad SMARTS) is 3. The van der Waals surface area contributed by atoms with Crippen molar-refractivity contribution >= 4 is 70.2 Å². The molecule has 3 heterocycles. The number of aliphatic carboxylic acids is 3. The molecule has 0 aliphatic carbocycles. The number of nitrogen functional groups attached to an aromatic ring is 1. The van der Waals surface area contributed by atoms with Crippen LogP contribution in [0.25, 0.3) is 11.2 Å². The van der Waals surface area contributed by atoms with Crippen LogP contribution in [-0.4, -0.2) is 163 Å². The van der Waals surface area contributed by atoms with Crippen molar-refractivity contribution in [2.45, 2.75) is 50.4 Å². The smallest absolute Gasteiger partial charge is 0.326 e. The van der Waals surface area contributed by atoms with E-state index in [-0.39, 0.29) is 48.7 Å². The number of nitrogens with one attached hydrogen (secondary N) is 7. The Balaban J connectivity index is 1.15. The number of fused-ring (bicyclic) bond motifs is 1. The van der Waals surface area contributed by atoms with Crippen molar-refractivity contribution < 1.29 is 53.7 Å². The average Bonchev–Trinajstić information content (AvgIpc) is 3.21. The van der Waals surface area contributed by atoms with E-state index in [0.29, 0.717) is 44.1 Å². The minimum atomic E-state index is -1.61. The monoisotopic (exact) mass is 853 g/mol. The van der Waals surface area contributed by atoms with Crippen molar-refractivity contribution in [2.75, 3.05) is 63.9 Å². The summed E-state index contributed by atoms with van der Waals surface area (Å²) >= 11 is 0. The molecule has 328 valence electrons. The number of rotatable bonds is 22. The van der Waals surface area contributed by atoms with Gasteiger partial charge in [0.1, 0.15) is 18.1 Å². The lowest BCUT2D eigenvalue weighted by atomic mass is 10.1. The number of hydrogen-bond donors (Lipinski definition) is 11. The van der Waals surface area contributed by atoms with Gasteiger partial charge in [0.15, 0.2) is 11.2 Å². The molecule has 12 N–H and O–H groups in total. The molecule has 1 aromatic carbocycles. The van der Waals surface area contributed by atoms with Crippen molar-refractivity contribution in [2.24, 2.45) is 0 Å². The van der Waals surface area contributed by atoms with Gasteiger partial charge in [-0.2, -0.15) is 4.98 Å². The Labute approximate surface area is 346 Å². The molecule has 3 atom stereocenters. The Morgan fingerprint density at radius 3 is 2.02 bits per heavy atom.